The van der Waals surface area contributed by atoms with Gasteiger partial charge in [-0.1, -0.05) is 30.3 Å². The Morgan fingerprint density at radius 1 is 1.12 bits per heavy atom. The molecule has 0 radical (unpaired) electrons. The first-order chi connectivity index (χ1) is 16.1. The van der Waals surface area contributed by atoms with E-state index in [-0.39, 0.29) is 25.2 Å². The second kappa shape index (κ2) is 10.5. The number of nitrogens with one attached hydrogen (secondary N) is 1. The van der Waals surface area contributed by atoms with Crippen molar-refractivity contribution in [1.29, 1.82) is 0 Å². The maximum Gasteiger partial charge on any atom is 0.410 e. The molecule has 0 saturated carbocycles. The van der Waals surface area contributed by atoms with Gasteiger partial charge in [-0.3, -0.25) is 9.88 Å². The van der Waals surface area contributed by atoms with Crippen molar-refractivity contribution in [2.24, 2.45) is 5.92 Å². The largest absolute Gasteiger partial charge is 0.489 e. The van der Waals surface area contributed by atoms with E-state index < -0.39 is 11.6 Å². The first-order valence-corrected chi connectivity index (χ1v) is 11.3. The Kier molecular flexibility index (Phi) is 7.29. The zero-order valence-electron chi connectivity index (χ0n) is 18.6. The van der Waals surface area contributed by atoms with E-state index in [0.717, 1.165) is 5.56 Å². The number of rotatable bonds is 6. The molecule has 9 nitrogen and oxygen atoms in total. The summed E-state index contributed by atoms with van der Waals surface area (Å²) in [5.41, 5.74) is 0.220. The number of pyridine rings is 1. The number of nitrogens with zero attached hydrogens (tertiary/aromatic N) is 3. The van der Waals surface area contributed by atoms with E-state index in [1.54, 1.807) is 23.4 Å². The Balaban J connectivity index is 1.41. The van der Waals surface area contributed by atoms with Crippen LogP contribution in [0.15, 0.2) is 54.9 Å². The number of piperidine rings is 1. The van der Waals surface area contributed by atoms with Crippen LogP contribution in [0.1, 0.15) is 18.4 Å². The molecule has 9 heteroatoms. The smallest absolute Gasteiger partial charge is 0.410 e. The molecule has 1 unspecified atom stereocenters. The minimum absolute atomic E-state index is 0.0382. The van der Waals surface area contributed by atoms with Gasteiger partial charge in [-0.15, -0.1) is 0 Å². The lowest BCUT2D eigenvalue weighted by atomic mass is 9.75. The number of piperazine rings is 1. The molecule has 1 atom stereocenters. The molecule has 2 fully saturated rings. The SMILES string of the molecule is O=C(OCc1ccccc1)N1CCC(C2(COc3cccnc3)CNCCN2C(=O)O)CC1. The van der Waals surface area contributed by atoms with E-state index in [9.17, 15) is 14.7 Å². The van der Waals surface area contributed by atoms with Crippen molar-refractivity contribution in [1.82, 2.24) is 20.1 Å². The zero-order chi connectivity index (χ0) is 23.1. The second-order valence-electron chi connectivity index (χ2n) is 8.49. The van der Waals surface area contributed by atoms with E-state index in [2.05, 4.69) is 10.3 Å². The van der Waals surface area contributed by atoms with Gasteiger partial charge in [-0.05, 0) is 36.5 Å². The van der Waals surface area contributed by atoms with E-state index in [1.807, 2.05) is 36.4 Å². The Hall–Kier alpha value is -3.33. The van der Waals surface area contributed by atoms with Crippen LogP contribution in [0, 0.1) is 5.92 Å². The number of carbonyl (C=O) groups is 2. The predicted molar refractivity (Wildman–Crippen MR) is 121 cm³/mol. The van der Waals surface area contributed by atoms with Crippen LogP contribution < -0.4 is 10.1 Å². The molecule has 1 aromatic carbocycles. The Bertz CT molecular complexity index is 921. The van der Waals surface area contributed by atoms with Gasteiger partial charge in [0.25, 0.3) is 0 Å². The first-order valence-electron chi connectivity index (χ1n) is 11.3. The molecule has 1 aromatic heterocycles. The summed E-state index contributed by atoms with van der Waals surface area (Å²) in [6, 6.07) is 13.2. The van der Waals surface area contributed by atoms with Crippen LogP contribution in [0.4, 0.5) is 9.59 Å². The van der Waals surface area contributed by atoms with Gasteiger partial charge < -0.3 is 24.8 Å². The molecule has 2 aliphatic heterocycles. The third-order valence-electron chi connectivity index (χ3n) is 6.55. The lowest BCUT2D eigenvalue weighted by molar-refractivity contribution is -0.0324. The highest BCUT2D eigenvalue weighted by Gasteiger charge is 2.49. The fourth-order valence-electron chi connectivity index (χ4n) is 4.76. The lowest BCUT2D eigenvalue weighted by Gasteiger charge is -2.51. The number of ether oxygens (including phenoxy) is 2. The van der Waals surface area contributed by atoms with Crippen molar-refractivity contribution in [3.05, 3.63) is 60.4 Å². The maximum atomic E-state index is 12.6. The molecular formula is C24H30N4O5. The van der Waals surface area contributed by atoms with Crippen LogP contribution in [0.3, 0.4) is 0 Å². The molecule has 0 aliphatic carbocycles. The third-order valence-corrected chi connectivity index (χ3v) is 6.55. The predicted octanol–water partition coefficient (Wildman–Crippen LogP) is 2.83. The fraction of sp³-hybridized carbons (Fsp3) is 0.458. The molecule has 2 aliphatic rings. The number of hydrogen-bond donors (Lipinski definition) is 2. The topological polar surface area (TPSA) is 104 Å². The summed E-state index contributed by atoms with van der Waals surface area (Å²) in [6.45, 7) is 2.99. The number of carboxylic acid groups (broad SMARTS) is 1. The molecule has 3 heterocycles. The second-order valence-corrected chi connectivity index (χ2v) is 8.49. The summed E-state index contributed by atoms with van der Waals surface area (Å²) < 4.78 is 11.5. The Labute approximate surface area is 193 Å². The van der Waals surface area contributed by atoms with Gasteiger partial charge in [0.15, 0.2) is 0 Å². The van der Waals surface area contributed by atoms with E-state index in [1.165, 1.54) is 4.90 Å². The van der Waals surface area contributed by atoms with Crippen LogP contribution in [0.5, 0.6) is 5.75 Å². The molecule has 4 rings (SSSR count). The minimum Gasteiger partial charge on any atom is -0.489 e. The highest BCUT2D eigenvalue weighted by molar-refractivity contribution is 5.68. The molecular weight excluding hydrogens is 424 g/mol. The third kappa shape index (κ3) is 5.36. The number of benzene rings is 1. The average molecular weight is 455 g/mol. The van der Waals surface area contributed by atoms with E-state index in [4.69, 9.17) is 9.47 Å². The number of carbonyl (C=O) groups excluding carboxylic acids is 1. The van der Waals surface area contributed by atoms with Gasteiger partial charge in [0, 0.05) is 38.9 Å². The van der Waals surface area contributed by atoms with Crippen LogP contribution in [-0.2, 0) is 11.3 Å². The fourth-order valence-corrected chi connectivity index (χ4v) is 4.76. The molecule has 176 valence electrons. The number of amides is 2. The van der Waals surface area contributed by atoms with Gasteiger partial charge in [0.05, 0.1) is 11.7 Å². The van der Waals surface area contributed by atoms with Crippen molar-refractivity contribution in [3.63, 3.8) is 0 Å². The van der Waals surface area contributed by atoms with Gasteiger partial charge in [-0.25, -0.2) is 9.59 Å². The molecule has 0 spiro atoms. The van der Waals surface area contributed by atoms with Crippen molar-refractivity contribution >= 4 is 12.2 Å². The molecule has 2 aromatic rings. The summed E-state index contributed by atoms with van der Waals surface area (Å²) in [4.78, 5) is 32.0. The van der Waals surface area contributed by atoms with Gasteiger partial charge in [0.2, 0.25) is 0 Å². The number of hydrogen-bond acceptors (Lipinski definition) is 6. The summed E-state index contributed by atoms with van der Waals surface area (Å²) >= 11 is 0. The maximum absolute atomic E-state index is 12.6. The van der Waals surface area contributed by atoms with Crippen LogP contribution in [0.2, 0.25) is 0 Å². The van der Waals surface area contributed by atoms with E-state index >= 15 is 0 Å². The highest BCUT2D eigenvalue weighted by Crippen LogP contribution is 2.35. The summed E-state index contributed by atoms with van der Waals surface area (Å²) in [7, 11) is 0. The van der Waals surface area contributed by atoms with Gasteiger partial charge in [-0.2, -0.15) is 0 Å². The monoisotopic (exact) mass is 454 g/mol. The average Bonchev–Trinajstić information content (AvgIpc) is 2.87. The van der Waals surface area contributed by atoms with Gasteiger partial charge in [0.1, 0.15) is 19.0 Å². The Morgan fingerprint density at radius 3 is 2.61 bits per heavy atom. The molecule has 0 bridgehead atoms. The van der Waals surface area contributed by atoms with Crippen molar-refractivity contribution in [3.8, 4) is 5.75 Å². The molecule has 2 saturated heterocycles. The summed E-state index contributed by atoms with van der Waals surface area (Å²) in [6.07, 6.45) is 3.34. The molecule has 2 N–H and O–H groups in total. The minimum atomic E-state index is -0.948. The van der Waals surface area contributed by atoms with Crippen molar-refractivity contribution in [2.75, 3.05) is 39.3 Å². The zero-order valence-corrected chi connectivity index (χ0v) is 18.6. The van der Waals surface area contributed by atoms with Crippen LogP contribution in [-0.4, -0.2) is 76.9 Å². The highest BCUT2D eigenvalue weighted by atomic mass is 16.6. The van der Waals surface area contributed by atoms with Gasteiger partial charge >= 0.3 is 12.2 Å². The lowest BCUT2D eigenvalue weighted by Crippen LogP contribution is -2.69. The normalized spacial score (nSPS) is 21.5. The van der Waals surface area contributed by atoms with E-state index in [0.29, 0.717) is 51.3 Å². The quantitative estimate of drug-likeness (QED) is 0.692. The van der Waals surface area contributed by atoms with Crippen molar-refractivity contribution in [2.45, 2.75) is 25.0 Å². The molecule has 33 heavy (non-hydrogen) atoms. The Morgan fingerprint density at radius 2 is 1.91 bits per heavy atom. The van der Waals surface area contributed by atoms with Crippen LogP contribution in [0.25, 0.3) is 0 Å². The van der Waals surface area contributed by atoms with Crippen molar-refractivity contribution < 1.29 is 24.2 Å². The van der Waals surface area contributed by atoms with Crippen LogP contribution >= 0.6 is 0 Å². The first kappa shape index (κ1) is 22.8. The standard InChI is InChI=1S/C24H30N4O5/c29-22(30)28-14-11-26-17-24(28,18-33-21-7-4-10-25-15-21)20-8-12-27(13-9-20)23(31)32-16-19-5-2-1-3-6-19/h1-7,10,15,20,26H,8-9,11-14,16-18H2,(H,29,30). The molecule has 2 amide bonds. The number of likely N-dealkylation sites (tertiary alicyclic amines) is 1. The summed E-state index contributed by atoms with van der Waals surface area (Å²) in [5.74, 6) is 0.644. The summed E-state index contributed by atoms with van der Waals surface area (Å²) in [5, 5.41) is 13.3. The number of aromatic nitrogens is 1.